The highest BCUT2D eigenvalue weighted by Gasteiger charge is 2.30. The van der Waals surface area contributed by atoms with E-state index >= 15 is 0 Å². The molecule has 0 saturated heterocycles. The number of fused-ring (bicyclic) bond motifs is 1. The van der Waals surface area contributed by atoms with Gasteiger partial charge in [0, 0.05) is 18.4 Å². The van der Waals surface area contributed by atoms with Crippen LogP contribution in [0.25, 0.3) is 0 Å². The zero-order valence-electron chi connectivity index (χ0n) is 11.5. The zero-order chi connectivity index (χ0) is 13.2. The van der Waals surface area contributed by atoms with Gasteiger partial charge in [-0.2, -0.15) is 15.4 Å². The molecule has 5 nitrogen and oxygen atoms in total. The molecule has 2 N–H and O–H groups in total. The third-order valence-corrected chi connectivity index (χ3v) is 4.68. The van der Waals surface area contributed by atoms with E-state index in [1.807, 2.05) is 0 Å². The fraction of sp³-hybridized carbons (Fsp3) is 0.786. The summed E-state index contributed by atoms with van der Waals surface area (Å²) in [6, 6.07) is 0.375. The monoisotopic (exact) mass is 262 g/mol. The van der Waals surface area contributed by atoms with Crippen LogP contribution in [-0.2, 0) is 17.6 Å². The lowest BCUT2D eigenvalue weighted by Gasteiger charge is -2.31. The van der Waals surface area contributed by atoms with E-state index in [1.165, 1.54) is 19.3 Å². The van der Waals surface area contributed by atoms with Gasteiger partial charge in [0.15, 0.2) is 0 Å². The van der Waals surface area contributed by atoms with E-state index in [0.29, 0.717) is 12.0 Å². The molecule has 1 amide bonds. The molecule has 3 unspecified atom stereocenters. The summed E-state index contributed by atoms with van der Waals surface area (Å²) < 4.78 is 0. The predicted octanol–water partition coefficient (Wildman–Crippen LogP) is 1.60. The van der Waals surface area contributed by atoms with Gasteiger partial charge in [0.1, 0.15) is 0 Å². The highest BCUT2D eigenvalue weighted by molar-refractivity contribution is 5.79. The van der Waals surface area contributed by atoms with Crippen molar-refractivity contribution in [3.05, 3.63) is 11.4 Å². The van der Waals surface area contributed by atoms with Crippen LogP contribution >= 0.6 is 0 Å². The van der Waals surface area contributed by atoms with E-state index in [9.17, 15) is 4.79 Å². The molecular weight excluding hydrogens is 240 g/mol. The highest BCUT2D eigenvalue weighted by Crippen LogP contribution is 2.26. The molecule has 1 heterocycles. The van der Waals surface area contributed by atoms with Crippen LogP contribution in [0.2, 0.25) is 0 Å². The molecule has 3 rings (SSSR count). The largest absolute Gasteiger partial charge is 0.353 e. The molecule has 0 aliphatic heterocycles. The first-order valence-electron chi connectivity index (χ1n) is 7.43. The smallest absolute Gasteiger partial charge is 0.223 e. The molecule has 1 fully saturated rings. The quantitative estimate of drug-likeness (QED) is 0.850. The number of aromatic nitrogens is 3. The van der Waals surface area contributed by atoms with Gasteiger partial charge in [-0.25, -0.2) is 0 Å². The molecule has 2 aliphatic rings. The van der Waals surface area contributed by atoms with Crippen LogP contribution in [0.15, 0.2) is 0 Å². The number of aromatic amines is 1. The Labute approximate surface area is 113 Å². The van der Waals surface area contributed by atoms with E-state index in [2.05, 4.69) is 27.7 Å². The number of H-pyrrole nitrogens is 1. The van der Waals surface area contributed by atoms with Crippen molar-refractivity contribution >= 4 is 5.91 Å². The highest BCUT2D eigenvalue weighted by atomic mass is 16.1. The van der Waals surface area contributed by atoms with Gasteiger partial charge in [0.25, 0.3) is 0 Å². The molecule has 0 aromatic carbocycles. The van der Waals surface area contributed by atoms with Gasteiger partial charge in [-0.05, 0) is 31.6 Å². The zero-order valence-corrected chi connectivity index (χ0v) is 11.5. The van der Waals surface area contributed by atoms with Gasteiger partial charge in [-0.3, -0.25) is 4.79 Å². The minimum atomic E-state index is 0.0757. The van der Waals surface area contributed by atoms with Crippen LogP contribution in [-0.4, -0.2) is 27.4 Å². The van der Waals surface area contributed by atoms with E-state index in [4.69, 9.17) is 0 Å². The number of carbonyl (C=O) groups excluding carboxylic acids is 1. The predicted molar refractivity (Wildman–Crippen MR) is 71.5 cm³/mol. The molecule has 0 radical (unpaired) electrons. The average molecular weight is 262 g/mol. The SMILES string of the molecule is CC1CCCCC1NC(=O)C1CCc2n[nH]nc2C1. The minimum absolute atomic E-state index is 0.0757. The number of rotatable bonds is 2. The van der Waals surface area contributed by atoms with Gasteiger partial charge in [0.05, 0.1) is 11.4 Å². The fourth-order valence-electron chi connectivity index (χ4n) is 3.34. The molecule has 5 heteroatoms. The number of amides is 1. The van der Waals surface area contributed by atoms with Crippen molar-refractivity contribution in [1.82, 2.24) is 20.7 Å². The van der Waals surface area contributed by atoms with Gasteiger partial charge >= 0.3 is 0 Å². The van der Waals surface area contributed by atoms with E-state index in [1.54, 1.807) is 0 Å². The first kappa shape index (κ1) is 12.6. The molecule has 19 heavy (non-hydrogen) atoms. The average Bonchev–Trinajstić information content (AvgIpc) is 2.88. The Kier molecular flexibility index (Phi) is 3.53. The summed E-state index contributed by atoms with van der Waals surface area (Å²) in [5.41, 5.74) is 2.01. The summed E-state index contributed by atoms with van der Waals surface area (Å²) in [7, 11) is 0. The van der Waals surface area contributed by atoms with Crippen LogP contribution in [0.4, 0.5) is 0 Å². The first-order chi connectivity index (χ1) is 9.24. The maximum Gasteiger partial charge on any atom is 0.223 e. The normalized spacial score (nSPS) is 30.7. The molecule has 2 aliphatic carbocycles. The lowest BCUT2D eigenvalue weighted by atomic mass is 9.84. The fourth-order valence-corrected chi connectivity index (χ4v) is 3.34. The third-order valence-electron chi connectivity index (χ3n) is 4.68. The van der Waals surface area contributed by atoms with Gasteiger partial charge < -0.3 is 5.32 Å². The minimum Gasteiger partial charge on any atom is -0.353 e. The van der Waals surface area contributed by atoms with Gasteiger partial charge in [-0.15, -0.1) is 0 Å². The number of hydrogen-bond acceptors (Lipinski definition) is 3. The standard InChI is InChI=1S/C14H22N4O/c1-9-4-2-3-5-11(9)15-14(19)10-6-7-12-13(8-10)17-18-16-12/h9-11H,2-8H2,1H3,(H,15,19)(H,16,17,18). The summed E-state index contributed by atoms with van der Waals surface area (Å²) >= 11 is 0. The van der Waals surface area contributed by atoms with Crippen molar-refractivity contribution in [2.45, 2.75) is 57.9 Å². The maximum atomic E-state index is 12.4. The summed E-state index contributed by atoms with van der Waals surface area (Å²) in [5, 5.41) is 14.2. The number of carbonyl (C=O) groups is 1. The number of nitrogens with one attached hydrogen (secondary N) is 2. The second-order valence-electron chi connectivity index (χ2n) is 6.03. The summed E-state index contributed by atoms with van der Waals surface area (Å²) in [4.78, 5) is 12.4. The molecule has 0 bridgehead atoms. The van der Waals surface area contributed by atoms with Crippen LogP contribution < -0.4 is 5.32 Å². The number of nitrogens with zero attached hydrogens (tertiary/aromatic N) is 2. The van der Waals surface area contributed by atoms with Crippen molar-refractivity contribution in [3.63, 3.8) is 0 Å². The maximum absolute atomic E-state index is 12.4. The number of aryl methyl sites for hydroxylation is 1. The van der Waals surface area contributed by atoms with E-state index < -0.39 is 0 Å². The molecule has 104 valence electrons. The molecule has 3 atom stereocenters. The Morgan fingerprint density at radius 3 is 2.84 bits per heavy atom. The van der Waals surface area contributed by atoms with E-state index in [0.717, 1.165) is 37.1 Å². The van der Waals surface area contributed by atoms with Crippen molar-refractivity contribution in [2.75, 3.05) is 0 Å². The van der Waals surface area contributed by atoms with Gasteiger partial charge in [-0.1, -0.05) is 19.8 Å². The van der Waals surface area contributed by atoms with Crippen LogP contribution in [0, 0.1) is 11.8 Å². The molecular formula is C14H22N4O. The van der Waals surface area contributed by atoms with Crippen molar-refractivity contribution in [3.8, 4) is 0 Å². The Hall–Kier alpha value is -1.39. The second-order valence-corrected chi connectivity index (χ2v) is 6.03. The Balaban J connectivity index is 1.59. The number of hydrogen-bond donors (Lipinski definition) is 2. The van der Waals surface area contributed by atoms with Crippen molar-refractivity contribution in [1.29, 1.82) is 0 Å². The van der Waals surface area contributed by atoms with Crippen LogP contribution in [0.5, 0.6) is 0 Å². The summed E-state index contributed by atoms with van der Waals surface area (Å²) in [6.45, 7) is 2.25. The topological polar surface area (TPSA) is 70.7 Å². The molecule has 0 spiro atoms. The Morgan fingerprint density at radius 2 is 2.00 bits per heavy atom. The van der Waals surface area contributed by atoms with Crippen LogP contribution in [0.1, 0.15) is 50.4 Å². The van der Waals surface area contributed by atoms with E-state index in [-0.39, 0.29) is 11.8 Å². The Morgan fingerprint density at radius 1 is 1.21 bits per heavy atom. The summed E-state index contributed by atoms with van der Waals surface area (Å²) in [5.74, 6) is 0.906. The second kappa shape index (κ2) is 5.31. The Bertz CT molecular complexity index is 456. The summed E-state index contributed by atoms with van der Waals surface area (Å²) in [6.07, 6.45) is 7.42. The lowest BCUT2D eigenvalue weighted by molar-refractivity contribution is -0.126. The molecule has 1 aromatic heterocycles. The molecule has 1 saturated carbocycles. The van der Waals surface area contributed by atoms with Crippen molar-refractivity contribution in [2.24, 2.45) is 11.8 Å². The lowest BCUT2D eigenvalue weighted by Crippen LogP contribution is -2.44. The third kappa shape index (κ3) is 2.65. The van der Waals surface area contributed by atoms with Crippen LogP contribution in [0.3, 0.4) is 0 Å². The van der Waals surface area contributed by atoms with Gasteiger partial charge in [0.2, 0.25) is 5.91 Å². The van der Waals surface area contributed by atoms with Crippen molar-refractivity contribution < 1.29 is 4.79 Å². The first-order valence-corrected chi connectivity index (χ1v) is 7.43. The molecule has 1 aromatic rings.